The Morgan fingerprint density at radius 3 is 2.89 bits per heavy atom. The highest BCUT2D eigenvalue weighted by atomic mass is 16.5. The van der Waals surface area contributed by atoms with Crippen molar-refractivity contribution < 1.29 is 14.6 Å². The van der Waals surface area contributed by atoms with E-state index in [9.17, 15) is 4.79 Å². The normalized spacial score (nSPS) is 11.5. The lowest BCUT2D eigenvalue weighted by molar-refractivity contribution is -0.137. The van der Waals surface area contributed by atoms with Crippen molar-refractivity contribution in [2.24, 2.45) is 0 Å². The summed E-state index contributed by atoms with van der Waals surface area (Å²) in [5.74, 6) is 0.305. The van der Waals surface area contributed by atoms with Crippen LogP contribution in [0.4, 0.5) is 0 Å². The van der Waals surface area contributed by atoms with Crippen molar-refractivity contribution in [1.82, 2.24) is 4.90 Å². The third kappa shape index (κ3) is 4.27. The predicted molar refractivity (Wildman–Crippen MR) is 70.3 cm³/mol. The molecule has 0 saturated carbocycles. The van der Waals surface area contributed by atoms with Gasteiger partial charge in [0.2, 0.25) is 0 Å². The van der Waals surface area contributed by atoms with Gasteiger partial charge in [0.05, 0.1) is 12.7 Å². The first-order chi connectivity index (χ1) is 9.12. The Morgan fingerprint density at radius 2 is 2.32 bits per heavy atom. The average Bonchev–Trinajstić information content (AvgIpc) is 2.44. The van der Waals surface area contributed by atoms with Gasteiger partial charge in [-0.05, 0) is 31.5 Å². The zero-order valence-electron chi connectivity index (χ0n) is 11.2. The van der Waals surface area contributed by atoms with E-state index in [-0.39, 0.29) is 19.1 Å². The maximum Gasteiger partial charge on any atom is 0.264 e. The molecule has 1 N–H and O–H groups in total. The monoisotopic (exact) mass is 262 g/mol. The smallest absolute Gasteiger partial charge is 0.264 e. The molecular formula is C14H18N2O3. The van der Waals surface area contributed by atoms with Gasteiger partial charge in [-0.3, -0.25) is 4.79 Å². The summed E-state index contributed by atoms with van der Waals surface area (Å²) in [5.41, 5.74) is 0.724. The number of aliphatic hydroxyl groups is 1. The second-order valence-electron chi connectivity index (χ2n) is 4.08. The fraction of sp³-hybridized carbons (Fsp3) is 0.429. The topological polar surface area (TPSA) is 73.6 Å². The first kappa shape index (κ1) is 15.0. The second kappa shape index (κ2) is 7.39. The van der Waals surface area contributed by atoms with Gasteiger partial charge in [-0.15, -0.1) is 0 Å². The molecule has 0 radical (unpaired) electrons. The largest absolute Gasteiger partial charge is 0.481 e. The Kier molecular flexibility index (Phi) is 5.83. The maximum absolute atomic E-state index is 12.0. The highest BCUT2D eigenvalue weighted by Crippen LogP contribution is 2.15. The van der Waals surface area contributed by atoms with Crippen molar-refractivity contribution in [3.05, 3.63) is 29.8 Å². The highest BCUT2D eigenvalue weighted by molar-refractivity contribution is 5.81. The number of aliphatic hydroxyl groups excluding tert-OH is 1. The zero-order valence-corrected chi connectivity index (χ0v) is 11.2. The summed E-state index contributed by atoms with van der Waals surface area (Å²) in [7, 11) is 0. The quantitative estimate of drug-likeness (QED) is 0.785. The molecule has 5 heteroatoms. The lowest BCUT2D eigenvalue weighted by atomic mass is 10.2. The number of carbonyl (C=O) groups excluding carboxylic acids is 1. The lowest BCUT2D eigenvalue weighted by Gasteiger charge is -2.22. The molecule has 5 nitrogen and oxygen atoms in total. The molecule has 1 aromatic carbocycles. The zero-order chi connectivity index (χ0) is 14.3. The van der Waals surface area contributed by atoms with E-state index in [1.165, 1.54) is 4.90 Å². The average molecular weight is 262 g/mol. The fourth-order valence-corrected chi connectivity index (χ4v) is 1.66. The molecule has 0 bridgehead atoms. The van der Waals surface area contributed by atoms with E-state index in [1.807, 2.05) is 13.0 Å². The van der Waals surface area contributed by atoms with Crippen LogP contribution in [0, 0.1) is 11.3 Å². The van der Waals surface area contributed by atoms with Crippen molar-refractivity contribution in [2.75, 3.05) is 13.1 Å². The summed E-state index contributed by atoms with van der Waals surface area (Å²) >= 11 is 0. The molecule has 0 aromatic heterocycles. The van der Waals surface area contributed by atoms with Crippen LogP contribution in [0.2, 0.25) is 0 Å². The van der Waals surface area contributed by atoms with E-state index < -0.39 is 6.10 Å². The number of likely N-dealkylation sites (N-methyl/N-ethyl adjacent to an activating group) is 1. The molecule has 102 valence electrons. The van der Waals surface area contributed by atoms with Gasteiger partial charge in [0.15, 0.2) is 6.10 Å². The van der Waals surface area contributed by atoms with Crippen LogP contribution in [-0.2, 0) is 11.4 Å². The van der Waals surface area contributed by atoms with Crippen LogP contribution in [0.15, 0.2) is 24.3 Å². The number of hydrogen-bond donors (Lipinski definition) is 1. The van der Waals surface area contributed by atoms with Crippen LogP contribution in [0.25, 0.3) is 0 Å². The summed E-state index contributed by atoms with van der Waals surface area (Å²) in [6.07, 6.45) is -0.665. The first-order valence-electron chi connectivity index (χ1n) is 6.14. The Hall–Kier alpha value is -2.06. The second-order valence-corrected chi connectivity index (χ2v) is 4.08. The summed E-state index contributed by atoms with van der Waals surface area (Å²) in [6, 6.07) is 8.89. The number of carbonyl (C=O) groups is 1. The molecule has 0 aliphatic rings. The SMILES string of the molecule is CCN(CC#N)C(=O)C(C)Oc1cccc(CO)c1. The Bertz CT molecular complexity index is 468. The number of amides is 1. The number of nitrogens with zero attached hydrogens (tertiary/aromatic N) is 2. The fourth-order valence-electron chi connectivity index (χ4n) is 1.66. The van der Waals surface area contributed by atoms with Gasteiger partial charge in [0.1, 0.15) is 12.3 Å². The first-order valence-corrected chi connectivity index (χ1v) is 6.14. The van der Waals surface area contributed by atoms with Gasteiger partial charge in [-0.1, -0.05) is 12.1 Å². The number of nitriles is 1. The predicted octanol–water partition coefficient (Wildman–Crippen LogP) is 1.32. The Labute approximate surface area is 113 Å². The molecule has 1 aromatic rings. The van der Waals surface area contributed by atoms with Crippen molar-refractivity contribution in [1.29, 1.82) is 5.26 Å². The molecule has 1 atom stereocenters. The minimum atomic E-state index is -0.665. The van der Waals surface area contributed by atoms with E-state index in [1.54, 1.807) is 31.2 Å². The van der Waals surface area contributed by atoms with Crippen molar-refractivity contribution in [3.8, 4) is 11.8 Å². The number of rotatable bonds is 6. The Morgan fingerprint density at radius 1 is 1.58 bits per heavy atom. The van der Waals surface area contributed by atoms with Crippen molar-refractivity contribution in [2.45, 2.75) is 26.6 Å². The van der Waals surface area contributed by atoms with Gasteiger partial charge in [0, 0.05) is 6.54 Å². The molecule has 0 saturated heterocycles. The van der Waals surface area contributed by atoms with E-state index in [2.05, 4.69) is 0 Å². The van der Waals surface area contributed by atoms with Crippen LogP contribution < -0.4 is 4.74 Å². The van der Waals surface area contributed by atoms with E-state index in [4.69, 9.17) is 15.1 Å². The van der Waals surface area contributed by atoms with Crippen molar-refractivity contribution in [3.63, 3.8) is 0 Å². The number of hydrogen-bond acceptors (Lipinski definition) is 4. The van der Waals surface area contributed by atoms with Crippen molar-refractivity contribution >= 4 is 5.91 Å². The summed E-state index contributed by atoms with van der Waals surface area (Å²) in [4.78, 5) is 13.5. The molecule has 1 unspecified atom stereocenters. The standard InChI is InChI=1S/C14H18N2O3/c1-3-16(8-7-15)14(18)11(2)19-13-6-4-5-12(9-13)10-17/h4-6,9,11,17H,3,8,10H2,1-2H3. The van der Waals surface area contributed by atoms with Gasteiger partial charge in [-0.25, -0.2) is 0 Å². The highest BCUT2D eigenvalue weighted by Gasteiger charge is 2.20. The van der Waals surface area contributed by atoms with Crippen LogP contribution >= 0.6 is 0 Å². The Balaban J connectivity index is 2.70. The minimum absolute atomic E-state index is 0.0553. The summed E-state index contributed by atoms with van der Waals surface area (Å²) in [5, 5.41) is 17.7. The number of benzene rings is 1. The van der Waals surface area contributed by atoms with Crippen LogP contribution in [0.3, 0.4) is 0 Å². The molecule has 0 aliphatic heterocycles. The van der Waals surface area contributed by atoms with E-state index >= 15 is 0 Å². The van der Waals surface area contributed by atoms with Gasteiger partial charge in [0.25, 0.3) is 5.91 Å². The van der Waals surface area contributed by atoms with E-state index in [0.29, 0.717) is 12.3 Å². The molecule has 0 fully saturated rings. The molecule has 1 rings (SSSR count). The minimum Gasteiger partial charge on any atom is -0.481 e. The third-order valence-electron chi connectivity index (χ3n) is 2.70. The number of ether oxygens (including phenoxy) is 1. The molecule has 1 amide bonds. The maximum atomic E-state index is 12.0. The van der Waals surface area contributed by atoms with Crippen LogP contribution in [0.1, 0.15) is 19.4 Å². The molecule has 19 heavy (non-hydrogen) atoms. The third-order valence-corrected chi connectivity index (χ3v) is 2.70. The van der Waals surface area contributed by atoms with Gasteiger partial charge >= 0.3 is 0 Å². The van der Waals surface area contributed by atoms with Crippen LogP contribution in [-0.4, -0.2) is 35.1 Å². The van der Waals surface area contributed by atoms with Crippen LogP contribution in [0.5, 0.6) is 5.75 Å². The summed E-state index contributed by atoms with van der Waals surface area (Å²) < 4.78 is 5.54. The molecule has 0 spiro atoms. The molecular weight excluding hydrogens is 244 g/mol. The molecule has 0 aliphatic carbocycles. The summed E-state index contributed by atoms with van der Waals surface area (Å²) in [6.45, 7) is 3.91. The van der Waals surface area contributed by atoms with Gasteiger partial charge in [-0.2, -0.15) is 5.26 Å². The van der Waals surface area contributed by atoms with E-state index in [0.717, 1.165) is 5.56 Å². The lowest BCUT2D eigenvalue weighted by Crippen LogP contribution is -2.40. The molecule has 0 heterocycles. The van der Waals surface area contributed by atoms with Gasteiger partial charge < -0.3 is 14.7 Å².